The van der Waals surface area contributed by atoms with Gasteiger partial charge in [-0.25, -0.2) is 0 Å². The van der Waals surface area contributed by atoms with Crippen LogP contribution in [0.5, 0.6) is 5.75 Å². The van der Waals surface area contributed by atoms with Gasteiger partial charge in [-0.3, -0.25) is 9.59 Å². The molecular weight excluding hydrogens is 402 g/mol. The van der Waals surface area contributed by atoms with E-state index in [9.17, 15) is 9.59 Å². The van der Waals surface area contributed by atoms with Crippen LogP contribution in [0.15, 0.2) is 72.8 Å². The molecule has 2 atom stereocenters. The SMILES string of the molecule is COc1ccc(C(=O)N[C@@H]2C(=O)N/[N+](=C\c3ccccc3C)[C@H]2c2ccc(C)cc2)cc1. The highest BCUT2D eigenvalue weighted by molar-refractivity contribution is 5.98. The van der Waals surface area contributed by atoms with Gasteiger partial charge in [-0.05, 0) is 49.7 Å². The first kappa shape index (κ1) is 21.3. The van der Waals surface area contributed by atoms with Crippen LogP contribution in [0, 0.1) is 13.8 Å². The fraction of sp³-hybridized carbons (Fsp3) is 0.192. The number of amides is 2. The van der Waals surface area contributed by atoms with Crippen molar-refractivity contribution in [2.45, 2.75) is 25.9 Å². The van der Waals surface area contributed by atoms with Crippen molar-refractivity contribution in [3.05, 3.63) is 101 Å². The van der Waals surface area contributed by atoms with Crippen LogP contribution in [0.1, 0.15) is 38.7 Å². The Hall–Kier alpha value is -3.93. The van der Waals surface area contributed by atoms with Gasteiger partial charge in [0.15, 0.2) is 6.04 Å². The number of methoxy groups -OCH3 is 1. The van der Waals surface area contributed by atoms with E-state index in [2.05, 4.69) is 10.7 Å². The molecule has 0 aliphatic carbocycles. The standard InChI is InChI=1S/C26H25N3O3/c1-17-8-10-19(11-9-17)24-23(27-25(30)20-12-14-22(32-3)15-13-20)26(31)28-29(24)16-21-7-5-4-6-18(21)2/h4-16,23-24H,1-3H3,(H-,27,28,30,31)/p+1/b29-16-/t23-,24-/m0/s1. The van der Waals surface area contributed by atoms with Gasteiger partial charge in [-0.2, -0.15) is 0 Å². The first-order valence-corrected chi connectivity index (χ1v) is 10.5. The number of aryl methyl sites for hydroxylation is 2. The zero-order valence-electron chi connectivity index (χ0n) is 18.3. The summed E-state index contributed by atoms with van der Waals surface area (Å²) in [5.41, 5.74) is 7.52. The van der Waals surface area contributed by atoms with E-state index in [1.54, 1.807) is 36.1 Å². The van der Waals surface area contributed by atoms with Crippen molar-refractivity contribution in [2.24, 2.45) is 0 Å². The summed E-state index contributed by atoms with van der Waals surface area (Å²) in [5, 5.41) is 2.92. The molecule has 3 aromatic carbocycles. The fourth-order valence-electron chi connectivity index (χ4n) is 3.79. The molecule has 0 saturated carbocycles. The molecule has 1 heterocycles. The van der Waals surface area contributed by atoms with Gasteiger partial charge in [0.25, 0.3) is 5.91 Å². The minimum absolute atomic E-state index is 0.262. The van der Waals surface area contributed by atoms with Crippen LogP contribution < -0.4 is 15.5 Å². The third-order valence-electron chi connectivity index (χ3n) is 5.66. The van der Waals surface area contributed by atoms with E-state index in [4.69, 9.17) is 4.74 Å². The van der Waals surface area contributed by atoms with E-state index in [0.29, 0.717) is 11.3 Å². The summed E-state index contributed by atoms with van der Waals surface area (Å²) >= 11 is 0. The molecule has 0 bridgehead atoms. The zero-order chi connectivity index (χ0) is 22.7. The predicted octanol–water partition coefficient (Wildman–Crippen LogP) is 3.33. The Morgan fingerprint density at radius 3 is 2.34 bits per heavy atom. The summed E-state index contributed by atoms with van der Waals surface area (Å²) in [6.07, 6.45) is 1.91. The van der Waals surface area contributed by atoms with Gasteiger partial charge in [0, 0.05) is 16.7 Å². The van der Waals surface area contributed by atoms with E-state index in [1.807, 2.05) is 68.6 Å². The molecule has 32 heavy (non-hydrogen) atoms. The number of ether oxygens (including phenoxy) is 1. The molecule has 1 aliphatic rings. The van der Waals surface area contributed by atoms with Crippen LogP contribution in [0.2, 0.25) is 0 Å². The second-order valence-electron chi connectivity index (χ2n) is 7.90. The number of hydrogen-bond donors (Lipinski definition) is 2. The molecule has 162 valence electrons. The minimum atomic E-state index is -0.757. The van der Waals surface area contributed by atoms with Crippen molar-refractivity contribution in [3.63, 3.8) is 0 Å². The smallest absolute Gasteiger partial charge is 0.304 e. The number of nitrogens with one attached hydrogen (secondary N) is 2. The molecule has 1 fully saturated rings. The van der Waals surface area contributed by atoms with Crippen molar-refractivity contribution < 1.29 is 19.0 Å². The van der Waals surface area contributed by atoms with Gasteiger partial charge < -0.3 is 10.1 Å². The van der Waals surface area contributed by atoms with Crippen molar-refractivity contribution in [1.29, 1.82) is 0 Å². The number of hydrogen-bond acceptors (Lipinski definition) is 3. The lowest BCUT2D eigenvalue weighted by molar-refractivity contribution is -0.596. The van der Waals surface area contributed by atoms with Crippen LogP contribution in [-0.4, -0.2) is 35.9 Å². The largest absolute Gasteiger partial charge is 0.497 e. The highest BCUT2D eigenvalue weighted by Crippen LogP contribution is 2.26. The molecule has 4 rings (SSSR count). The molecule has 6 heteroatoms. The monoisotopic (exact) mass is 428 g/mol. The average Bonchev–Trinajstić information content (AvgIpc) is 3.10. The lowest BCUT2D eigenvalue weighted by Gasteiger charge is -2.15. The van der Waals surface area contributed by atoms with Crippen LogP contribution in [0.25, 0.3) is 0 Å². The van der Waals surface area contributed by atoms with Crippen molar-refractivity contribution in [1.82, 2.24) is 10.7 Å². The van der Waals surface area contributed by atoms with E-state index in [0.717, 1.165) is 22.3 Å². The fourth-order valence-corrected chi connectivity index (χ4v) is 3.79. The number of carbonyl (C=O) groups is 2. The number of benzene rings is 3. The summed E-state index contributed by atoms with van der Waals surface area (Å²) in [5.74, 6) is 0.0848. The normalized spacial score (nSPS) is 19.0. The van der Waals surface area contributed by atoms with E-state index >= 15 is 0 Å². The maximum atomic E-state index is 13.0. The van der Waals surface area contributed by atoms with Crippen LogP contribution >= 0.6 is 0 Å². The lowest BCUT2D eigenvalue weighted by Crippen LogP contribution is -2.42. The molecule has 3 aromatic rings. The maximum Gasteiger partial charge on any atom is 0.304 e. The predicted molar refractivity (Wildman–Crippen MR) is 123 cm³/mol. The second kappa shape index (κ2) is 9.06. The number of carbonyl (C=O) groups excluding carboxylic acids is 2. The average molecular weight is 429 g/mol. The van der Waals surface area contributed by atoms with E-state index in [1.165, 1.54) is 0 Å². The molecule has 1 aliphatic heterocycles. The third kappa shape index (κ3) is 4.39. The number of hydrazine groups is 1. The Bertz CT molecular complexity index is 1170. The third-order valence-corrected chi connectivity index (χ3v) is 5.66. The molecule has 2 amide bonds. The Labute approximate surface area is 187 Å². The highest BCUT2D eigenvalue weighted by Gasteiger charge is 2.47. The second-order valence-corrected chi connectivity index (χ2v) is 7.90. The maximum absolute atomic E-state index is 13.0. The highest BCUT2D eigenvalue weighted by atomic mass is 16.5. The van der Waals surface area contributed by atoms with Gasteiger partial charge in [-0.1, -0.05) is 48.0 Å². The molecule has 2 N–H and O–H groups in total. The van der Waals surface area contributed by atoms with Gasteiger partial charge >= 0.3 is 5.91 Å². The quantitative estimate of drug-likeness (QED) is 0.613. The zero-order valence-corrected chi connectivity index (χ0v) is 18.3. The van der Waals surface area contributed by atoms with Crippen LogP contribution in [0.4, 0.5) is 0 Å². The van der Waals surface area contributed by atoms with Crippen LogP contribution in [0.3, 0.4) is 0 Å². The molecule has 6 nitrogen and oxygen atoms in total. The number of hydrazone groups is 1. The summed E-state index contributed by atoms with van der Waals surface area (Å²) in [7, 11) is 1.57. The Kier molecular flexibility index (Phi) is 6.03. The first-order chi connectivity index (χ1) is 15.5. The summed E-state index contributed by atoms with van der Waals surface area (Å²) in [6, 6.07) is 21.6. The van der Waals surface area contributed by atoms with Gasteiger partial charge in [-0.15, -0.1) is 10.1 Å². The Morgan fingerprint density at radius 1 is 1.00 bits per heavy atom. The summed E-state index contributed by atoms with van der Waals surface area (Å²) < 4.78 is 6.94. The van der Waals surface area contributed by atoms with Crippen molar-refractivity contribution >= 4 is 18.0 Å². The molecule has 0 radical (unpaired) electrons. The Morgan fingerprint density at radius 2 is 1.69 bits per heavy atom. The summed E-state index contributed by atoms with van der Waals surface area (Å²) in [6.45, 7) is 4.04. The molecule has 0 spiro atoms. The van der Waals surface area contributed by atoms with Crippen LogP contribution in [-0.2, 0) is 4.79 Å². The Balaban J connectivity index is 1.69. The molecule has 0 unspecified atom stereocenters. The topological polar surface area (TPSA) is 70.4 Å². The van der Waals surface area contributed by atoms with E-state index in [-0.39, 0.29) is 11.8 Å². The minimum Gasteiger partial charge on any atom is -0.497 e. The van der Waals surface area contributed by atoms with Gasteiger partial charge in [0.05, 0.1) is 7.11 Å². The molecule has 1 saturated heterocycles. The van der Waals surface area contributed by atoms with Crippen molar-refractivity contribution in [2.75, 3.05) is 7.11 Å². The van der Waals surface area contributed by atoms with E-state index < -0.39 is 12.1 Å². The summed E-state index contributed by atoms with van der Waals surface area (Å²) in [4.78, 5) is 25.9. The van der Waals surface area contributed by atoms with Gasteiger partial charge in [0.2, 0.25) is 12.3 Å². The lowest BCUT2D eigenvalue weighted by atomic mass is 9.98. The van der Waals surface area contributed by atoms with Crippen molar-refractivity contribution in [3.8, 4) is 5.75 Å². The molecule has 0 aromatic heterocycles. The molecular formula is C26H26N3O3+. The number of rotatable bonds is 5. The van der Waals surface area contributed by atoms with Gasteiger partial charge in [0.1, 0.15) is 5.75 Å². The first-order valence-electron chi connectivity index (χ1n) is 10.5. The number of nitrogens with zero attached hydrogens (tertiary/aromatic N) is 1.